The number of carbonyl (C=O) groups is 22. The maximum atomic E-state index is 14.7. The summed E-state index contributed by atoms with van der Waals surface area (Å²) in [5.41, 5.74) is 18.1. The summed E-state index contributed by atoms with van der Waals surface area (Å²) in [4.78, 5) is 301. The van der Waals surface area contributed by atoms with Crippen LogP contribution in [0.25, 0.3) is 0 Å². The smallest absolute Gasteiger partial charge is 0.305 e. The van der Waals surface area contributed by atoms with Crippen molar-refractivity contribution in [1.82, 2.24) is 95.7 Å². The number of guanidine groups is 1. The van der Waals surface area contributed by atoms with Gasteiger partial charge in [0.15, 0.2) is 5.96 Å². The highest BCUT2D eigenvalue weighted by atomic mass is 16.4. The van der Waals surface area contributed by atoms with Crippen LogP contribution in [0.4, 0.5) is 0 Å². The first-order chi connectivity index (χ1) is 67.4. The quantitative estimate of drug-likeness (QED) is 0.0170. The minimum atomic E-state index is -2.03. The van der Waals surface area contributed by atoms with Crippen LogP contribution < -0.4 is 113 Å². The van der Waals surface area contributed by atoms with Crippen molar-refractivity contribution in [2.24, 2.45) is 40.9 Å². The number of aliphatic carboxylic acids is 5. The topological polar surface area (TPSA) is 815 Å². The first-order valence-electron chi connectivity index (χ1n) is 47.7. The Kier molecular flexibility index (Phi) is 58.2. The Morgan fingerprint density at radius 1 is 0.343 bits per heavy atom. The van der Waals surface area contributed by atoms with Gasteiger partial charge in [0.05, 0.1) is 19.1 Å². The first kappa shape index (κ1) is 125. The normalized spacial score (nSPS) is 14.7. The van der Waals surface area contributed by atoms with Crippen molar-refractivity contribution in [3.8, 4) is 0 Å². The molecule has 2 aromatic rings. The number of rotatable bonds is 72. The van der Waals surface area contributed by atoms with Crippen molar-refractivity contribution in [2.75, 3.05) is 26.7 Å². The van der Waals surface area contributed by atoms with Gasteiger partial charge in [-0.25, -0.2) is 0 Å². The molecule has 0 heterocycles. The zero-order valence-electron chi connectivity index (χ0n) is 82.8. The third-order valence-electron chi connectivity index (χ3n) is 22.6. The summed E-state index contributed by atoms with van der Waals surface area (Å²) in [5, 5.41) is 112. The average Bonchev–Trinajstić information content (AvgIpc) is 0.868. The van der Waals surface area contributed by atoms with Crippen LogP contribution >= 0.6 is 0 Å². The van der Waals surface area contributed by atoms with Crippen LogP contribution in [0.1, 0.15) is 222 Å². The molecule has 50 nitrogen and oxygen atoms in total. The number of likely N-dealkylation sites (N-methyl/N-ethyl adjacent to an activating group) is 1. The molecule has 0 aliphatic carbocycles. The molecule has 0 unspecified atom stereocenters. The molecule has 0 fully saturated rings. The minimum Gasteiger partial charge on any atom is -0.481 e. The maximum Gasteiger partial charge on any atom is 0.305 e. The van der Waals surface area contributed by atoms with Crippen LogP contribution in [-0.2, 0) is 118 Å². The zero-order valence-corrected chi connectivity index (χ0v) is 82.8. The lowest BCUT2D eigenvalue weighted by molar-refractivity contribution is -0.140. The number of carboxylic acid groups (broad SMARTS) is 5. The van der Waals surface area contributed by atoms with E-state index in [0.29, 0.717) is 24.0 Å². The SMILES string of the molecule is CCCC[C@H](NC(=O)[C@H](CCC(N)=O)NC(=O)[C@H](CCCCN)NC(=O)[C@H](CO)NC(=O)[C@H](CC(C)C)NC(=O)[C@H](CC(=O)O)NCc1ccccc1)C(=O)N[C@@H](CCC(=O)O)C(=O)N[C@@H](CCC(=O)O)C(=O)N[C@@H](CCC(=O)O)C(=O)N[C@@H](C)C(=O)N[C@H](C(=O)N[C@H](CCCNC(=N)N)C(=O)N[C@@H](CC(C)C)C(=O)N[C@@H](Cc1ccccc1)C(=O)N[C@H](C(=O)N[C@@H](CCC(=O)O)C(=O)NC)[C@@H](C)CC)C(C)C. The number of unbranched alkanes of at least 4 members (excludes halogenated alkanes) is 2. The molecular weight excluding hydrogens is 1870 g/mol. The zero-order chi connectivity index (χ0) is 108. The van der Waals surface area contributed by atoms with E-state index in [2.05, 4.69) is 95.7 Å². The van der Waals surface area contributed by atoms with Crippen LogP contribution in [0.3, 0.4) is 0 Å². The summed E-state index contributed by atoms with van der Waals surface area (Å²) >= 11 is 0. The number of benzene rings is 2. The number of hydrogen-bond acceptors (Lipinski definition) is 26. The summed E-state index contributed by atoms with van der Waals surface area (Å²) in [5.74, 6) is -27.6. The lowest BCUT2D eigenvalue weighted by atomic mass is 9.96. The van der Waals surface area contributed by atoms with Crippen LogP contribution in [0.2, 0.25) is 0 Å². The standard InChI is InChI=1S/C93H148N22O28/c1-12-14-28-56(102-83(134)60(31-36-69(95)117)104-81(132)57(29-21-22-41-94)103-90(141)68(48-116)113-88(139)66(44-50(5)6)111-86(137)64(46-74(126)127)100-47-55-26-19-16-20-27-55)80(131)106-62(34-39-72(122)123)85(136)107-63(35-40-73(124)125)84(135)105-61(33-38-71(120)121)79(130)101-53(10)77(128)114-75(51(7)8)91(142)108-58(30-23-42-99-93(96)97)82(133)110-65(43-49(3)4)87(138)112-67(45-54-24-17-15-18-25-54)89(140)115-76(52(9)13-2)92(143)109-59(78(129)98-11)32-37-70(118)119/h15-20,24-27,49-53,56-68,75-76,100,116H,12-14,21-23,28-48,94H2,1-11H3,(H2,95,117)(H,98,129)(H,101,130)(H,102,134)(H,103,141)(H,104,132)(H,105,135)(H,106,131)(H,107,136)(H,108,142)(H,109,143)(H,110,133)(H,111,137)(H,112,138)(H,113,139)(H,114,128)(H,115,140)(H,118,119)(H,120,121)(H,122,123)(H,124,125)(H,126,127)(H4,96,97,99)/t52-,53-,56-,57-,58+,59-,60-,61-,62-,63-,64-,65-,66-,67-,68-,75-,76-/m0/s1. The number of amides is 17. The Morgan fingerprint density at radius 3 is 1.04 bits per heavy atom. The molecule has 2 aromatic carbocycles. The van der Waals surface area contributed by atoms with Gasteiger partial charge in [-0.05, 0) is 132 Å². The van der Waals surface area contributed by atoms with E-state index in [9.17, 15) is 136 Å². The van der Waals surface area contributed by atoms with E-state index in [1.54, 1.807) is 109 Å². The van der Waals surface area contributed by atoms with Gasteiger partial charge in [-0.1, -0.05) is 142 Å². The van der Waals surface area contributed by atoms with Crippen LogP contribution in [0, 0.1) is 29.1 Å². The molecule has 0 radical (unpaired) electrons. The lowest BCUT2D eigenvalue weighted by Gasteiger charge is -2.30. The Labute approximate surface area is 829 Å². The number of primary amides is 1. The maximum absolute atomic E-state index is 14.7. The fraction of sp³-hybridized carbons (Fsp3) is 0.624. The summed E-state index contributed by atoms with van der Waals surface area (Å²) in [7, 11) is 1.29. The van der Waals surface area contributed by atoms with Gasteiger partial charge in [0.25, 0.3) is 0 Å². The Hall–Kier alpha value is -14.1. The molecule has 0 saturated heterocycles. The predicted octanol–water partition coefficient (Wildman–Crippen LogP) is -4.01. The predicted molar refractivity (Wildman–Crippen MR) is 516 cm³/mol. The van der Waals surface area contributed by atoms with Crippen molar-refractivity contribution >= 4 is 136 Å². The van der Waals surface area contributed by atoms with Gasteiger partial charge in [-0.3, -0.25) is 111 Å². The molecule has 50 heteroatoms. The highest BCUT2D eigenvalue weighted by molar-refractivity contribution is 6.02. The number of nitrogens with one attached hydrogen (secondary N) is 19. The molecule has 0 aromatic heterocycles. The van der Waals surface area contributed by atoms with E-state index in [0.717, 1.165) is 6.92 Å². The van der Waals surface area contributed by atoms with Crippen molar-refractivity contribution in [1.29, 1.82) is 5.41 Å². The van der Waals surface area contributed by atoms with E-state index in [1.807, 2.05) is 0 Å². The molecule has 0 aliphatic heterocycles. The van der Waals surface area contributed by atoms with Gasteiger partial charge < -0.3 is 144 Å². The molecule has 2 rings (SSSR count). The monoisotopic (exact) mass is 2020 g/mol. The van der Waals surface area contributed by atoms with Crippen molar-refractivity contribution in [3.05, 3.63) is 71.8 Å². The van der Waals surface area contributed by atoms with E-state index in [4.69, 9.17) is 22.6 Å². The fourth-order valence-electron chi connectivity index (χ4n) is 14.4. The average molecular weight is 2020 g/mol. The second kappa shape index (κ2) is 66.6. The molecule has 0 saturated carbocycles. The van der Waals surface area contributed by atoms with Gasteiger partial charge in [-0.2, -0.15) is 0 Å². The summed E-state index contributed by atoms with van der Waals surface area (Å²) < 4.78 is 0. The molecule has 0 aliphatic rings. The van der Waals surface area contributed by atoms with Crippen molar-refractivity contribution < 1.29 is 136 Å². The molecule has 798 valence electrons. The van der Waals surface area contributed by atoms with Crippen molar-refractivity contribution in [3.63, 3.8) is 0 Å². The van der Waals surface area contributed by atoms with Crippen LogP contribution in [0.5, 0.6) is 0 Å². The number of aliphatic hydroxyl groups excluding tert-OH is 1. The Bertz CT molecular complexity index is 4590. The second-order valence-corrected chi connectivity index (χ2v) is 36.0. The van der Waals surface area contributed by atoms with Gasteiger partial charge in [-0.15, -0.1) is 0 Å². The van der Waals surface area contributed by atoms with E-state index >= 15 is 0 Å². The van der Waals surface area contributed by atoms with Gasteiger partial charge in [0.1, 0.15) is 90.6 Å². The summed E-state index contributed by atoms with van der Waals surface area (Å²) in [6.07, 6.45) is -7.46. The first-order valence-corrected chi connectivity index (χ1v) is 47.7. The van der Waals surface area contributed by atoms with E-state index < -0.39 is 316 Å². The summed E-state index contributed by atoms with van der Waals surface area (Å²) in [6.45, 7) is 15.0. The Balaban J connectivity index is 2.56. The highest BCUT2D eigenvalue weighted by Gasteiger charge is 2.41. The minimum absolute atomic E-state index is 0.0227. The number of carbonyl (C=O) groups excluding carboxylic acids is 17. The number of hydrogen-bond donors (Lipinski definition) is 28. The number of nitrogens with two attached hydrogens (primary N) is 3. The van der Waals surface area contributed by atoms with Gasteiger partial charge >= 0.3 is 29.8 Å². The number of aliphatic hydroxyl groups is 1. The second-order valence-electron chi connectivity index (χ2n) is 36.0. The van der Waals surface area contributed by atoms with Gasteiger partial charge in [0, 0.05) is 58.7 Å². The van der Waals surface area contributed by atoms with E-state index in [1.165, 1.54) is 20.9 Å². The van der Waals surface area contributed by atoms with Crippen LogP contribution in [-0.4, -0.2) is 290 Å². The summed E-state index contributed by atoms with van der Waals surface area (Å²) in [6, 6.07) is -8.94. The lowest BCUT2D eigenvalue weighted by Crippen LogP contribution is -2.61. The molecule has 0 bridgehead atoms. The third-order valence-corrected chi connectivity index (χ3v) is 22.6. The Morgan fingerprint density at radius 2 is 0.671 bits per heavy atom. The van der Waals surface area contributed by atoms with E-state index in [-0.39, 0.29) is 102 Å². The number of carboxylic acids is 5. The molecule has 17 amide bonds. The van der Waals surface area contributed by atoms with Crippen molar-refractivity contribution in [2.45, 2.75) is 320 Å². The van der Waals surface area contributed by atoms with Gasteiger partial charge in [0.2, 0.25) is 100 Å². The molecule has 143 heavy (non-hydrogen) atoms. The molecule has 31 N–H and O–H groups in total. The molecule has 17 atom stereocenters. The fourth-order valence-corrected chi connectivity index (χ4v) is 14.4. The molecule has 0 spiro atoms. The largest absolute Gasteiger partial charge is 0.481 e. The third kappa shape index (κ3) is 49.8. The molecular formula is C93H148N22O28. The highest BCUT2D eigenvalue weighted by Crippen LogP contribution is 2.18. The van der Waals surface area contributed by atoms with Crippen LogP contribution in [0.15, 0.2) is 60.7 Å².